The van der Waals surface area contributed by atoms with Crippen LogP contribution in [0.3, 0.4) is 0 Å². The van der Waals surface area contributed by atoms with Crippen molar-refractivity contribution >= 4 is 5.96 Å². The van der Waals surface area contributed by atoms with Crippen LogP contribution < -0.4 is 11.5 Å². The Labute approximate surface area is 55.5 Å². The summed E-state index contributed by atoms with van der Waals surface area (Å²) in [6, 6.07) is 0. The predicted molar refractivity (Wildman–Crippen MR) is 39.2 cm³/mol. The van der Waals surface area contributed by atoms with Crippen LogP contribution in [0.5, 0.6) is 0 Å². The second kappa shape index (κ2) is 4.14. The van der Waals surface area contributed by atoms with Crippen molar-refractivity contribution in [2.45, 2.75) is 0 Å². The molecule has 0 radical (unpaired) electrons. The van der Waals surface area contributed by atoms with Gasteiger partial charge in [0.05, 0.1) is 6.54 Å². The Balaban J connectivity index is 3.20. The molecule has 0 saturated heterocycles. The first-order valence-corrected chi connectivity index (χ1v) is 2.83. The number of rotatable bonds is 3. The zero-order valence-electron chi connectivity index (χ0n) is 5.96. The third-order valence-corrected chi connectivity index (χ3v) is 0.842. The first-order valence-electron chi connectivity index (χ1n) is 2.83. The third kappa shape index (κ3) is 7.23. The highest BCUT2D eigenvalue weighted by Gasteiger charge is 1.85. The summed E-state index contributed by atoms with van der Waals surface area (Å²) in [7, 11) is 3.95. The van der Waals surface area contributed by atoms with Gasteiger partial charge < -0.3 is 16.4 Å². The van der Waals surface area contributed by atoms with E-state index in [0.717, 1.165) is 6.54 Å². The van der Waals surface area contributed by atoms with E-state index < -0.39 is 0 Å². The SMILES string of the molecule is CN(C)CCN=C(N)N. The molecule has 0 amide bonds. The van der Waals surface area contributed by atoms with Crippen molar-refractivity contribution in [2.24, 2.45) is 16.5 Å². The molecule has 4 heteroatoms. The van der Waals surface area contributed by atoms with Crippen LogP contribution in [-0.2, 0) is 0 Å². The minimum absolute atomic E-state index is 0.164. The molecule has 54 valence electrons. The summed E-state index contributed by atoms with van der Waals surface area (Å²) in [5, 5.41) is 0. The Morgan fingerprint density at radius 2 is 2.00 bits per heavy atom. The summed E-state index contributed by atoms with van der Waals surface area (Å²) in [5.74, 6) is 0.164. The fourth-order valence-electron chi connectivity index (χ4n) is 0.379. The van der Waals surface area contributed by atoms with Gasteiger partial charge in [0.2, 0.25) is 0 Å². The van der Waals surface area contributed by atoms with Crippen LogP contribution >= 0.6 is 0 Å². The zero-order valence-corrected chi connectivity index (χ0v) is 5.96. The zero-order chi connectivity index (χ0) is 7.28. The molecule has 0 aliphatic carbocycles. The molecular weight excluding hydrogens is 116 g/mol. The van der Waals surface area contributed by atoms with Crippen molar-refractivity contribution in [3.8, 4) is 0 Å². The Bertz CT molecular complexity index is 93.1. The summed E-state index contributed by atoms with van der Waals surface area (Å²) in [6.07, 6.45) is 0. The molecule has 0 aliphatic heterocycles. The lowest BCUT2D eigenvalue weighted by molar-refractivity contribution is 0.420. The minimum atomic E-state index is 0.164. The van der Waals surface area contributed by atoms with Crippen molar-refractivity contribution in [2.75, 3.05) is 27.2 Å². The van der Waals surface area contributed by atoms with Crippen LogP contribution in [0.4, 0.5) is 0 Å². The van der Waals surface area contributed by atoms with Crippen LogP contribution in [0.25, 0.3) is 0 Å². The summed E-state index contributed by atoms with van der Waals surface area (Å²) in [5.41, 5.74) is 10.2. The molecule has 0 aromatic carbocycles. The number of nitrogens with two attached hydrogens (primary N) is 2. The van der Waals surface area contributed by atoms with Crippen LogP contribution in [-0.4, -0.2) is 38.0 Å². The second-order valence-electron chi connectivity index (χ2n) is 2.11. The fourth-order valence-corrected chi connectivity index (χ4v) is 0.379. The van der Waals surface area contributed by atoms with Crippen molar-refractivity contribution < 1.29 is 0 Å². The molecular formula is C5H14N4. The normalized spacial score (nSPS) is 9.67. The van der Waals surface area contributed by atoms with Crippen LogP contribution in [0, 0.1) is 0 Å². The molecule has 0 aliphatic rings. The second-order valence-corrected chi connectivity index (χ2v) is 2.11. The highest BCUT2D eigenvalue weighted by Crippen LogP contribution is 1.73. The summed E-state index contributed by atoms with van der Waals surface area (Å²) in [6.45, 7) is 1.56. The van der Waals surface area contributed by atoms with Crippen molar-refractivity contribution in [1.29, 1.82) is 0 Å². The van der Waals surface area contributed by atoms with Gasteiger partial charge in [-0.1, -0.05) is 0 Å². The summed E-state index contributed by atoms with van der Waals surface area (Å²) < 4.78 is 0. The number of aliphatic imine (C=N–C) groups is 1. The van der Waals surface area contributed by atoms with Crippen LogP contribution in [0.15, 0.2) is 4.99 Å². The molecule has 0 rings (SSSR count). The first-order chi connectivity index (χ1) is 4.13. The Morgan fingerprint density at radius 1 is 1.44 bits per heavy atom. The van der Waals surface area contributed by atoms with Gasteiger partial charge >= 0.3 is 0 Å². The molecule has 0 heterocycles. The predicted octanol–water partition coefficient (Wildman–Crippen LogP) is -1.18. The van der Waals surface area contributed by atoms with E-state index in [1.807, 2.05) is 19.0 Å². The lowest BCUT2D eigenvalue weighted by Crippen LogP contribution is -2.25. The maximum atomic E-state index is 5.09. The smallest absolute Gasteiger partial charge is 0.185 e. The molecule has 4 N–H and O–H groups in total. The lowest BCUT2D eigenvalue weighted by Gasteiger charge is -2.05. The van der Waals surface area contributed by atoms with Gasteiger partial charge in [-0.25, -0.2) is 0 Å². The Hall–Kier alpha value is -0.770. The average Bonchev–Trinajstić information content (AvgIpc) is 1.63. The minimum Gasteiger partial charge on any atom is -0.370 e. The van der Waals surface area contributed by atoms with Gasteiger partial charge in [-0.15, -0.1) is 0 Å². The Kier molecular flexibility index (Phi) is 3.79. The topological polar surface area (TPSA) is 67.6 Å². The van der Waals surface area contributed by atoms with E-state index in [4.69, 9.17) is 11.5 Å². The molecule has 0 unspecified atom stereocenters. The molecule has 0 spiro atoms. The van der Waals surface area contributed by atoms with Crippen LogP contribution in [0.1, 0.15) is 0 Å². The molecule has 4 nitrogen and oxygen atoms in total. The van der Waals surface area contributed by atoms with E-state index >= 15 is 0 Å². The number of nitrogens with zero attached hydrogens (tertiary/aromatic N) is 2. The van der Waals surface area contributed by atoms with Gasteiger partial charge in [0.1, 0.15) is 0 Å². The van der Waals surface area contributed by atoms with Gasteiger partial charge in [0, 0.05) is 6.54 Å². The van der Waals surface area contributed by atoms with Gasteiger partial charge in [0.15, 0.2) is 5.96 Å². The Morgan fingerprint density at radius 3 is 2.33 bits per heavy atom. The molecule has 0 aromatic heterocycles. The highest BCUT2D eigenvalue weighted by molar-refractivity contribution is 5.75. The van der Waals surface area contributed by atoms with E-state index in [9.17, 15) is 0 Å². The van der Waals surface area contributed by atoms with Crippen molar-refractivity contribution in [3.05, 3.63) is 0 Å². The monoisotopic (exact) mass is 130 g/mol. The molecule has 0 atom stereocenters. The molecule has 0 fully saturated rings. The number of likely N-dealkylation sites (N-methyl/N-ethyl adjacent to an activating group) is 1. The maximum Gasteiger partial charge on any atom is 0.185 e. The van der Waals surface area contributed by atoms with Crippen LogP contribution in [0.2, 0.25) is 0 Å². The van der Waals surface area contributed by atoms with Gasteiger partial charge in [-0.05, 0) is 14.1 Å². The van der Waals surface area contributed by atoms with E-state index in [1.54, 1.807) is 0 Å². The van der Waals surface area contributed by atoms with Gasteiger partial charge in [-0.3, -0.25) is 4.99 Å². The fraction of sp³-hybridized carbons (Fsp3) is 0.800. The number of hydrogen-bond acceptors (Lipinski definition) is 2. The van der Waals surface area contributed by atoms with E-state index in [-0.39, 0.29) is 5.96 Å². The quantitative estimate of drug-likeness (QED) is 0.373. The standard InChI is InChI=1S/C5H14N4/c1-9(2)4-3-8-5(6)7/h3-4H2,1-2H3,(H4,6,7,8). The molecule has 0 bridgehead atoms. The average molecular weight is 130 g/mol. The molecule has 0 saturated carbocycles. The molecule has 0 aromatic rings. The van der Waals surface area contributed by atoms with E-state index in [0.29, 0.717) is 6.54 Å². The van der Waals surface area contributed by atoms with E-state index in [1.165, 1.54) is 0 Å². The number of hydrogen-bond donors (Lipinski definition) is 2. The van der Waals surface area contributed by atoms with Gasteiger partial charge in [-0.2, -0.15) is 0 Å². The van der Waals surface area contributed by atoms with Gasteiger partial charge in [0.25, 0.3) is 0 Å². The summed E-state index contributed by atoms with van der Waals surface area (Å²) in [4.78, 5) is 5.82. The highest BCUT2D eigenvalue weighted by atomic mass is 15.1. The largest absolute Gasteiger partial charge is 0.370 e. The molecule has 9 heavy (non-hydrogen) atoms. The number of guanidine groups is 1. The first kappa shape index (κ1) is 8.23. The summed E-state index contributed by atoms with van der Waals surface area (Å²) >= 11 is 0. The van der Waals surface area contributed by atoms with E-state index in [2.05, 4.69) is 4.99 Å². The maximum absolute atomic E-state index is 5.09. The van der Waals surface area contributed by atoms with Crippen molar-refractivity contribution in [3.63, 3.8) is 0 Å². The van der Waals surface area contributed by atoms with Crippen molar-refractivity contribution in [1.82, 2.24) is 4.90 Å². The lowest BCUT2D eigenvalue weighted by atomic mass is 10.6. The third-order valence-electron chi connectivity index (χ3n) is 0.842.